The lowest BCUT2D eigenvalue weighted by molar-refractivity contribution is -0.120. The minimum Gasteiger partial charge on any atom is -0.336 e. The second-order valence-corrected chi connectivity index (χ2v) is 8.09. The van der Waals surface area contributed by atoms with Gasteiger partial charge >= 0.3 is 0 Å². The van der Waals surface area contributed by atoms with E-state index in [0.717, 1.165) is 29.7 Å². The summed E-state index contributed by atoms with van der Waals surface area (Å²) in [5.41, 5.74) is 6.81. The predicted molar refractivity (Wildman–Crippen MR) is 124 cm³/mol. The van der Waals surface area contributed by atoms with Gasteiger partial charge in [-0.25, -0.2) is 4.90 Å². The van der Waals surface area contributed by atoms with Gasteiger partial charge in [-0.1, -0.05) is 67.1 Å². The monoisotopic (exact) mass is 408 g/mol. The van der Waals surface area contributed by atoms with E-state index in [1.807, 2.05) is 78.6 Å². The Bertz CT molecular complexity index is 1210. The van der Waals surface area contributed by atoms with Crippen molar-refractivity contribution in [2.45, 2.75) is 26.7 Å². The van der Waals surface area contributed by atoms with Crippen molar-refractivity contribution in [1.82, 2.24) is 0 Å². The molecule has 2 heterocycles. The van der Waals surface area contributed by atoms with Gasteiger partial charge in [0.25, 0.3) is 11.8 Å². The van der Waals surface area contributed by atoms with Crippen molar-refractivity contribution in [2.75, 3.05) is 16.3 Å². The Hall–Kier alpha value is -3.66. The fourth-order valence-corrected chi connectivity index (χ4v) is 4.43. The number of carbonyl (C=O) groups excluding carboxylic acids is 2. The van der Waals surface area contributed by atoms with Crippen LogP contribution in [0.15, 0.2) is 78.5 Å². The average molecular weight is 409 g/mol. The van der Waals surface area contributed by atoms with Gasteiger partial charge in [-0.2, -0.15) is 0 Å². The molecule has 0 aliphatic carbocycles. The van der Waals surface area contributed by atoms with Crippen molar-refractivity contribution < 1.29 is 9.59 Å². The van der Waals surface area contributed by atoms with E-state index in [1.165, 1.54) is 16.0 Å². The third-order valence-corrected chi connectivity index (χ3v) is 6.16. The number of rotatable bonds is 4. The molecule has 154 valence electrons. The van der Waals surface area contributed by atoms with Crippen LogP contribution in [0.5, 0.6) is 0 Å². The first-order valence-electron chi connectivity index (χ1n) is 10.7. The quantitative estimate of drug-likeness (QED) is 0.576. The van der Waals surface area contributed by atoms with Crippen molar-refractivity contribution in [1.29, 1.82) is 0 Å². The normalized spacial score (nSPS) is 15.8. The van der Waals surface area contributed by atoms with Crippen LogP contribution in [0.1, 0.15) is 29.2 Å². The van der Waals surface area contributed by atoms with Crippen LogP contribution >= 0.6 is 0 Å². The molecule has 0 aromatic heterocycles. The van der Waals surface area contributed by atoms with E-state index in [1.54, 1.807) is 0 Å². The average Bonchev–Trinajstić information content (AvgIpc) is 3.32. The van der Waals surface area contributed by atoms with E-state index in [9.17, 15) is 9.59 Å². The van der Waals surface area contributed by atoms with E-state index in [0.29, 0.717) is 23.5 Å². The summed E-state index contributed by atoms with van der Waals surface area (Å²) in [6, 6.07) is 23.6. The van der Waals surface area contributed by atoms with Crippen LogP contribution < -0.4 is 9.80 Å². The molecule has 3 aromatic carbocycles. The van der Waals surface area contributed by atoms with Crippen LogP contribution in [-0.2, 0) is 22.4 Å². The third-order valence-electron chi connectivity index (χ3n) is 6.16. The van der Waals surface area contributed by atoms with Crippen molar-refractivity contribution in [3.63, 3.8) is 0 Å². The maximum absolute atomic E-state index is 13.7. The first-order valence-corrected chi connectivity index (χ1v) is 10.7. The molecule has 4 nitrogen and oxygen atoms in total. The summed E-state index contributed by atoms with van der Waals surface area (Å²) in [5, 5.41) is 0. The molecule has 0 bridgehead atoms. The molecule has 0 atom stereocenters. The Morgan fingerprint density at radius 3 is 2.26 bits per heavy atom. The fourth-order valence-electron chi connectivity index (χ4n) is 4.43. The summed E-state index contributed by atoms with van der Waals surface area (Å²) in [6.45, 7) is 4.78. The van der Waals surface area contributed by atoms with Crippen LogP contribution in [-0.4, -0.2) is 18.4 Å². The Morgan fingerprint density at radius 2 is 1.55 bits per heavy atom. The fraction of sp³-hybridized carbons (Fsp3) is 0.185. The highest BCUT2D eigenvalue weighted by molar-refractivity contribution is 6.46. The summed E-state index contributed by atoms with van der Waals surface area (Å²) in [6.07, 6.45) is 1.76. The Kier molecular flexibility index (Phi) is 4.70. The molecule has 0 fully saturated rings. The number of para-hydroxylation sites is 1. The zero-order valence-corrected chi connectivity index (χ0v) is 17.8. The zero-order valence-electron chi connectivity index (χ0n) is 17.8. The molecule has 0 saturated carbocycles. The van der Waals surface area contributed by atoms with E-state index in [2.05, 4.69) is 13.0 Å². The van der Waals surface area contributed by atoms with Gasteiger partial charge < -0.3 is 4.90 Å². The van der Waals surface area contributed by atoms with Gasteiger partial charge in [0.15, 0.2) is 0 Å². The number of amides is 2. The second-order valence-electron chi connectivity index (χ2n) is 8.09. The van der Waals surface area contributed by atoms with Gasteiger partial charge in [0, 0.05) is 12.2 Å². The van der Waals surface area contributed by atoms with Gasteiger partial charge in [0.2, 0.25) is 0 Å². The molecule has 4 heteroatoms. The standard InChI is InChI=1S/C27H24N2O2/c1-3-19-10-14-22(15-11-19)29-26(30)24(21-12-8-18(2)9-13-21)25(27(29)31)28-17-16-20-6-4-5-7-23(20)28/h4-15H,3,16-17H2,1-2H3. The molecule has 2 aliphatic heterocycles. The number of anilines is 2. The number of imide groups is 1. The van der Waals surface area contributed by atoms with Crippen LogP contribution in [0.3, 0.4) is 0 Å². The minimum absolute atomic E-state index is 0.262. The number of carbonyl (C=O) groups is 2. The summed E-state index contributed by atoms with van der Waals surface area (Å²) in [5.74, 6) is -0.529. The molecule has 2 amide bonds. The Labute approximate surface area is 182 Å². The van der Waals surface area contributed by atoms with Crippen LogP contribution in [0.25, 0.3) is 5.57 Å². The molecule has 2 aliphatic rings. The molecular formula is C27H24N2O2. The summed E-state index contributed by atoms with van der Waals surface area (Å²) < 4.78 is 0. The molecular weight excluding hydrogens is 384 g/mol. The molecule has 0 radical (unpaired) electrons. The SMILES string of the molecule is CCc1ccc(N2C(=O)C(c3ccc(C)cc3)=C(N3CCc4ccccc43)C2=O)cc1. The van der Waals surface area contributed by atoms with Crippen LogP contribution in [0, 0.1) is 6.92 Å². The Morgan fingerprint density at radius 1 is 0.839 bits per heavy atom. The lowest BCUT2D eigenvalue weighted by atomic mass is 10.0. The van der Waals surface area contributed by atoms with E-state index >= 15 is 0 Å². The van der Waals surface area contributed by atoms with Gasteiger partial charge in [0.1, 0.15) is 5.70 Å². The van der Waals surface area contributed by atoms with Gasteiger partial charge in [-0.05, 0) is 54.7 Å². The van der Waals surface area contributed by atoms with Gasteiger partial charge in [-0.3, -0.25) is 9.59 Å². The zero-order chi connectivity index (χ0) is 21.5. The molecule has 0 unspecified atom stereocenters. The summed E-state index contributed by atoms with van der Waals surface area (Å²) in [7, 11) is 0. The number of aryl methyl sites for hydroxylation is 2. The highest BCUT2D eigenvalue weighted by Crippen LogP contribution is 2.40. The minimum atomic E-state index is -0.266. The molecule has 3 aromatic rings. The maximum atomic E-state index is 13.7. The largest absolute Gasteiger partial charge is 0.336 e. The Balaban J connectivity index is 1.65. The lowest BCUT2D eigenvalue weighted by Crippen LogP contribution is -2.34. The summed E-state index contributed by atoms with van der Waals surface area (Å²) >= 11 is 0. The number of hydrogen-bond donors (Lipinski definition) is 0. The second kappa shape index (κ2) is 7.55. The van der Waals surface area contributed by atoms with E-state index in [-0.39, 0.29) is 11.8 Å². The number of fused-ring (bicyclic) bond motifs is 1. The molecule has 0 saturated heterocycles. The maximum Gasteiger partial charge on any atom is 0.282 e. The molecule has 0 N–H and O–H groups in total. The number of benzene rings is 3. The highest BCUT2D eigenvalue weighted by atomic mass is 16.2. The van der Waals surface area contributed by atoms with Gasteiger partial charge in [0.05, 0.1) is 11.3 Å². The number of hydrogen-bond acceptors (Lipinski definition) is 3. The van der Waals surface area contributed by atoms with E-state index in [4.69, 9.17) is 0 Å². The third kappa shape index (κ3) is 3.15. The lowest BCUT2D eigenvalue weighted by Gasteiger charge is -2.22. The van der Waals surface area contributed by atoms with Crippen LogP contribution in [0.4, 0.5) is 11.4 Å². The predicted octanol–water partition coefficient (Wildman–Crippen LogP) is 4.90. The molecule has 5 rings (SSSR count). The van der Waals surface area contributed by atoms with Crippen molar-refractivity contribution in [2.24, 2.45) is 0 Å². The number of nitrogens with zero attached hydrogens (tertiary/aromatic N) is 2. The molecule has 31 heavy (non-hydrogen) atoms. The van der Waals surface area contributed by atoms with Crippen LogP contribution in [0.2, 0.25) is 0 Å². The first-order chi connectivity index (χ1) is 15.1. The first kappa shape index (κ1) is 19.3. The molecule has 0 spiro atoms. The topological polar surface area (TPSA) is 40.6 Å². The highest BCUT2D eigenvalue weighted by Gasteiger charge is 2.44. The van der Waals surface area contributed by atoms with Crippen molar-refractivity contribution in [3.8, 4) is 0 Å². The van der Waals surface area contributed by atoms with Crippen molar-refractivity contribution >= 4 is 28.8 Å². The van der Waals surface area contributed by atoms with Gasteiger partial charge in [-0.15, -0.1) is 0 Å². The van der Waals surface area contributed by atoms with Crippen molar-refractivity contribution in [3.05, 3.63) is 101 Å². The summed E-state index contributed by atoms with van der Waals surface area (Å²) in [4.78, 5) is 30.7. The van der Waals surface area contributed by atoms with E-state index < -0.39 is 0 Å². The smallest absolute Gasteiger partial charge is 0.282 e.